The lowest BCUT2D eigenvalue weighted by atomic mass is 10.2. The molecule has 1 aliphatic carbocycles. The number of carbonyl (C=O) groups excluding carboxylic acids is 2. The van der Waals surface area contributed by atoms with Crippen LogP contribution in [-0.4, -0.2) is 44.4 Å². The molecule has 160 valence electrons. The molecular weight excluding hydrogens is 411 g/mol. The fraction of sp³-hybridized carbons (Fsp3) is 0.333. The average molecular weight is 434 g/mol. The predicted molar refractivity (Wildman–Crippen MR) is 108 cm³/mol. The Labute approximate surface area is 174 Å². The van der Waals surface area contributed by atoms with Crippen LogP contribution in [0.2, 0.25) is 0 Å². The van der Waals surface area contributed by atoms with E-state index in [1.165, 1.54) is 41.3 Å². The van der Waals surface area contributed by atoms with Crippen LogP contribution in [-0.2, 0) is 26.1 Å². The van der Waals surface area contributed by atoms with Gasteiger partial charge in [-0.25, -0.2) is 22.3 Å². The molecule has 0 aromatic heterocycles. The molecule has 1 fully saturated rings. The van der Waals surface area contributed by atoms with E-state index in [-0.39, 0.29) is 28.9 Å². The topological polar surface area (TPSA) is 92.8 Å². The first-order chi connectivity index (χ1) is 14.3. The van der Waals surface area contributed by atoms with Gasteiger partial charge in [0.2, 0.25) is 10.0 Å². The van der Waals surface area contributed by atoms with Crippen molar-refractivity contribution in [1.82, 2.24) is 9.62 Å². The minimum atomic E-state index is -3.60. The van der Waals surface area contributed by atoms with E-state index in [1.807, 2.05) is 0 Å². The van der Waals surface area contributed by atoms with Gasteiger partial charge < -0.3 is 9.64 Å². The number of hydrogen-bond donors (Lipinski definition) is 1. The summed E-state index contributed by atoms with van der Waals surface area (Å²) in [4.78, 5) is 26.1. The van der Waals surface area contributed by atoms with Crippen molar-refractivity contribution in [3.8, 4) is 0 Å². The zero-order chi connectivity index (χ0) is 21.7. The van der Waals surface area contributed by atoms with E-state index < -0.39 is 28.5 Å². The summed E-state index contributed by atoms with van der Waals surface area (Å²) in [6, 6.07) is 11.3. The Bertz CT molecular complexity index is 1020. The molecule has 1 N–H and O–H groups in total. The number of carbonyl (C=O) groups is 2. The molecule has 9 heteroatoms. The van der Waals surface area contributed by atoms with Crippen molar-refractivity contribution in [3.05, 3.63) is 65.5 Å². The van der Waals surface area contributed by atoms with E-state index >= 15 is 0 Å². The van der Waals surface area contributed by atoms with Crippen LogP contribution in [0, 0.1) is 5.82 Å². The van der Waals surface area contributed by atoms with E-state index in [9.17, 15) is 22.4 Å². The molecule has 0 heterocycles. The number of ether oxygens (including phenoxy) is 1. The van der Waals surface area contributed by atoms with Gasteiger partial charge in [0.15, 0.2) is 6.61 Å². The average Bonchev–Trinajstić information content (AvgIpc) is 3.53. The summed E-state index contributed by atoms with van der Waals surface area (Å²) < 4.78 is 45.3. The number of esters is 1. The first kappa shape index (κ1) is 21.9. The van der Waals surface area contributed by atoms with Crippen LogP contribution in [0.4, 0.5) is 4.39 Å². The number of sulfonamides is 1. The molecule has 0 spiro atoms. The normalized spacial score (nSPS) is 13.7. The molecule has 0 aliphatic heterocycles. The van der Waals surface area contributed by atoms with Crippen molar-refractivity contribution in [2.24, 2.45) is 0 Å². The monoisotopic (exact) mass is 434 g/mol. The summed E-state index contributed by atoms with van der Waals surface area (Å²) >= 11 is 0. The first-order valence-electron chi connectivity index (χ1n) is 9.60. The van der Waals surface area contributed by atoms with Crippen molar-refractivity contribution in [1.29, 1.82) is 0 Å². The second-order valence-electron chi connectivity index (χ2n) is 7.03. The highest BCUT2D eigenvalue weighted by atomic mass is 32.2. The van der Waals surface area contributed by atoms with Gasteiger partial charge in [-0.05, 0) is 61.7 Å². The molecule has 3 rings (SSSR count). The Morgan fingerprint density at radius 2 is 1.87 bits per heavy atom. The summed E-state index contributed by atoms with van der Waals surface area (Å²) in [5.41, 5.74) is 0.773. The first-order valence-corrected chi connectivity index (χ1v) is 11.1. The molecule has 0 atom stereocenters. The van der Waals surface area contributed by atoms with Crippen molar-refractivity contribution in [3.63, 3.8) is 0 Å². The molecule has 30 heavy (non-hydrogen) atoms. The van der Waals surface area contributed by atoms with Crippen LogP contribution in [0.15, 0.2) is 53.4 Å². The summed E-state index contributed by atoms with van der Waals surface area (Å²) in [6.07, 6.45) is 1.65. The summed E-state index contributed by atoms with van der Waals surface area (Å²) in [5.74, 6) is -1.53. The maximum Gasteiger partial charge on any atom is 0.338 e. The molecule has 0 saturated heterocycles. The van der Waals surface area contributed by atoms with Gasteiger partial charge in [-0.1, -0.05) is 12.1 Å². The van der Waals surface area contributed by atoms with Crippen molar-refractivity contribution < 1.29 is 27.1 Å². The van der Waals surface area contributed by atoms with Gasteiger partial charge in [0, 0.05) is 19.1 Å². The standard InChI is InChI=1S/C21H23FN2O5S/c1-2-24(13-15-4-3-5-17(22)12-15)20(25)14-29-21(26)16-6-10-19(11-7-16)30(27,28)23-18-8-9-18/h3-7,10-12,18,23H,2,8-9,13-14H2,1H3. The van der Waals surface area contributed by atoms with Gasteiger partial charge in [0.1, 0.15) is 5.82 Å². The Hall–Kier alpha value is -2.78. The molecule has 1 saturated carbocycles. The minimum Gasteiger partial charge on any atom is -0.452 e. The van der Waals surface area contributed by atoms with E-state index in [4.69, 9.17) is 4.74 Å². The maximum absolute atomic E-state index is 13.3. The molecular formula is C21H23FN2O5S. The number of nitrogens with zero attached hydrogens (tertiary/aromatic N) is 1. The van der Waals surface area contributed by atoms with E-state index in [0.29, 0.717) is 12.1 Å². The number of benzene rings is 2. The molecule has 0 radical (unpaired) electrons. The smallest absolute Gasteiger partial charge is 0.338 e. The van der Waals surface area contributed by atoms with Crippen LogP contribution in [0.1, 0.15) is 35.7 Å². The van der Waals surface area contributed by atoms with Gasteiger partial charge in [-0.3, -0.25) is 4.79 Å². The minimum absolute atomic E-state index is 0.0143. The zero-order valence-corrected chi connectivity index (χ0v) is 17.3. The van der Waals surface area contributed by atoms with Crippen molar-refractivity contribution >= 4 is 21.9 Å². The van der Waals surface area contributed by atoms with Crippen LogP contribution in [0.5, 0.6) is 0 Å². The Morgan fingerprint density at radius 1 is 1.17 bits per heavy atom. The second kappa shape index (κ2) is 9.36. The zero-order valence-electron chi connectivity index (χ0n) is 16.5. The highest BCUT2D eigenvalue weighted by Crippen LogP contribution is 2.22. The number of hydrogen-bond acceptors (Lipinski definition) is 5. The van der Waals surface area contributed by atoms with Crippen molar-refractivity contribution in [2.45, 2.75) is 37.2 Å². The molecule has 1 amide bonds. The highest BCUT2D eigenvalue weighted by molar-refractivity contribution is 7.89. The van der Waals surface area contributed by atoms with Crippen molar-refractivity contribution in [2.75, 3.05) is 13.2 Å². The summed E-state index contributed by atoms with van der Waals surface area (Å²) in [6.45, 7) is 1.87. The Balaban J connectivity index is 1.55. The fourth-order valence-electron chi connectivity index (χ4n) is 2.79. The van der Waals surface area contributed by atoms with Crippen LogP contribution < -0.4 is 4.72 Å². The summed E-state index contributed by atoms with van der Waals surface area (Å²) in [7, 11) is -3.60. The Morgan fingerprint density at radius 3 is 2.47 bits per heavy atom. The van der Waals surface area contributed by atoms with Gasteiger partial charge in [0.25, 0.3) is 5.91 Å². The number of rotatable bonds is 9. The number of nitrogens with one attached hydrogen (secondary N) is 1. The molecule has 2 aromatic rings. The van der Waals surface area contributed by atoms with Crippen LogP contribution >= 0.6 is 0 Å². The molecule has 0 bridgehead atoms. The van der Waals surface area contributed by atoms with E-state index in [2.05, 4.69) is 4.72 Å². The van der Waals surface area contributed by atoms with E-state index in [1.54, 1.807) is 19.1 Å². The highest BCUT2D eigenvalue weighted by Gasteiger charge is 2.28. The lowest BCUT2D eigenvalue weighted by Crippen LogP contribution is -2.34. The fourth-order valence-corrected chi connectivity index (χ4v) is 4.10. The lowest BCUT2D eigenvalue weighted by molar-refractivity contribution is -0.134. The largest absolute Gasteiger partial charge is 0.452 e. The van der Waals surface area contributed by atoms with Gasteiger partial charge >= 0.3 is 5.97 Å². The molecule has 7 nitrogen and oxygen atoms in total. The lowest BCUT2D eigenvalue weighted by Gasteiger charge is -2.21. The van der Waals surface area contributed by atoms with Gasteiger partial charge in [-0.2, -0.15) is 0 Å². The number of likely N-dealkylation sites (N-methyl/N-ethyl adjacent to an activating group) is 1. The van der Waals surface area contributed by atoms with Crippen LogP contribution in [0.25, 0.3) is 0 Å². The number of halogens is 1. The SMILES string of the molecule is CCN(Cc1cccc(F)c1)C(=O)COC(=O)c1ccc(S(=O)(=O)NC2CC2)cc1. The van der Waals surface area contributed by atoms with Gasteiger partial charge in [0.05, 0.1) is 10.5 Å². The maximum atomic E-state index is 13.3. The Kier molecular flexibility index (Phi) is 6.84. The second-order valence-corrected chi connectivity index (χ2v) is 8.75. The molecule has 1 aliphatic rings. The predicted octanol–water partition coefficient (Wildman–Crippen LogP) is 2.47. The van der Waals surface area contributed by atoms with Gasteiger partial charge in [-0.15, -0.1) is 0 Å². The van der Waals surface area contributed by atoms with E-state index in [0.717, 1.165) is 12.8 Å². The van der Waals surface area contributed by atoms with Crippen LogP contribution in [0.3, 0.4) is 0 Å². The number of amides is 1. The molecule has 2 aromatic carbocycles. The third-order valence-corrected chi connectivity index (χ3v) is 6.16. The third kappa shape index (κ3) is 5.87. The molecule has 0 unspecified atom stereocenters. The third-order valence-electron chi connectivity index (χ3n) is 4.62. The summed E-state index contributed by atoms with van der Waals surface area (Å²) in [5, 5.41) is 0. The quantitative estimate of drug-likeness (QED) is 0.612.